The predicted octanol–water partition coefficient (Wildman–Crippen LogP) is 1.19. The summed E-state index contributed by atoms with van der Waals surface area (Å²) in [6.45, 7) is 7.65. The standard InChI is InChI=1S/C16H26BNO3/c1-15(2,19)16(3,4)21-17(20)14-8-6-5-7-12(14)11-18-13-9-10-13/h5-8,13,18-20H,9-11H2,1-4H3. The van der Waals surface area contributed by atoms with Crippen LogP contribution in [0.15, 0.2) is 24.3 Å². The molecule has 2 rings (SSSR count). The Kier molecular flexibility index (Phi) is 4.78. The number of nitrogens with one attached hydrogen (secondary N) is 1. The smallest absolute Gasteiger partial charge is 0.423 e. The van der Waals surface area contributed by atoms with E-state index in [9.17, 15) is 10.1 Å². The van der Waals surface area contributed by atoms with E-state index in [2.05, 4.69) is 5.32 Å². The first-order valence-electron chi connectivity index (χ1n) is 7.60. The summed E-state index contributed by atoms with van der Waals surface area (Å²) < 4.78 is 5.73. The van der Waals surface area contributed by atoms with Crippen molar-refractivity contribution in [2.24, 2.45) is 0 Å². The van der Waals surface area contributed by atoms with E-state index >= 15 is 0 Å². The summed E-state index contributed by atoms with van der Waals surface area (Å²) in [6, 6.07) is 8.33. The number of hydrogen-bond donors (Lipinski definition) is 3. The Morgan fingerprint density at radius 1 is 1.24 bits per heavy atom. The zero-order valence-electron chi connectivity index (χ0n) is 13.4. The molecule has 21 heavy (non-hydrogen) atoms. The summed E-state index contributed by atoms with van der Waals surface area (Å²) in [7, 11) is -1.05. The van der Waals surface area contributed by atoms with Gasteiger partial charge in [0.05, 0.1) is 11.2 Å². The van der Waals surface area contributed by atoms with Crippen LogP contribution in [0.4, 0.5) is 0 Å². The van der Waals surface area contributed by atoms with Gasteiger partial charge in [0.1, 0.15) is 0 Å². The van der Waals surface area contributed by atoms with Crippen LogP contribution in [0.25, 0.3) is 0 Å². The lowest BCUT2D eigenvalue weighted by Crippen LogP contribution is -2.53. The van der Waals surface area contributed by atoms with Crippen LogP contribution in [0.1, 0.15) is 46.1 Å². The number of benzene rings is 1. The van der Waals surface area contributed by atoms with Gasteiger partial charge in [-0.05, 0) is 51.6 Å². The minimum absolute atomic E-state index is 0.615. The average molecular weight is 291 g/mol. The maximum atomic E-state index is 10.4. The van der Waals surface area contributed by atoms with E-state index < -0.39 is 18.3 Å². The van der Waals surface area contributed by atoms with Gasteiger partial charge in [0, 0.05) is 12.6 Å². The van der Waals surface area contributed by atoms with Crippen LogP contribution in [0.2, 0.25) is 0 Å². The lowest BCUT2D eigenvalue weighted by molar-refractivity contribution is -0.0982. The molecule has 0 radical (unpaired) electrons. The van der Waals surface area contributed by atoms with Crippen LogP contribution in [0, 0.1) is 0 Å². The van der Waals surface area contributed by atoms with E-state index in [1.807, 2.05) is 24.3 Å². The molecule has 1 aliphatic rings. The first-order valence-corrected chi connectivity index (χ1v) is 7.60. The Labute approximate surface area is 127 Å². The van der Waals surface area contributed by atoms with Gasteiger partial charge in [0.15, 0.2) is 0 Å². The summed E-state index contributed by atoms with van der Waals surface area (Å²) in [5, 5.41) is 24.0. The zero-order chi connectivity index (χ0) is 15.7. The number of aliphatic hydroxyl groups is 1. The molecule has 1 fully saturated rings. The molecule has 0 bridgehead atoms. The monoisotopic (exact) mass is 291 g/mol. The van der Waals surface area contributed by atoms with E-state index in [1.54, 1.807) is 27.7 Å². The molecule has 1 aromatic rings. The van der Waals surface area contributed by atoms with E-state index in [4.69, 9.17) is 4.65 Å². The van der Waals surface area contributed by atoms with Gasteiger partial charge in [0.25, 0.3) is 0 Å². The van der Waals surface area contributed by atoms with E-state index in [0.29, 0.717) is 6.04 Å². The van der Waals surface area contributed by atoms with Crippen LogP contribution in [0.3, 0.4) is 0 Å². The Morgan fingerprint density at radius 3 is 2.43 bits per heavy atom. The molecule has 1 saturated carbocycles. The zero-order valence-corrected chi connectivity index (χ0v) is 13.4. The van der Waals surface area contributed by atoms with Gasteiger partial charge in [0.2, 0.25) is 0 Å². The van der Waals surface area contributed by atoms with Gasteiger partial charge in [-0.2, -0.15) is 0 Å². The first kappa shape index (κ1) is 16.5. The Hall–Kier alpha value is -0.875. The molecule has 0 aromatic heterocycles. The van der Waals surface area contributed by atoms with Crippen molar-refractivity contribution < 1.29 is 14.8 Å². The molecule has 4 nitrogen and oxygen atoms in total. The Morgan fingerprint density at radius 2 is 1.86 bits per heavy atom. The van der Waals surface area contributed by atoms with Crippen molar-refractivity contribution in [3.8, 4) is 0 Å². The van der Waals surface area contributed by atoms with Crippen molar-refractivity contribution in [2.75, 3.05) is 0 Å². The largest absolute Gasteiger partial charge is 0.491 e. The lowest BCUT2D eigenvalue weighted by Gasteiger charge is -2.38. The van der Waals surface area contributed by atoms with Crippen molar-refractivity contribution in [1.82, 2.24) is 5.32 Å². The summed E-state index contributed by atoms with van der Waals surface area (Å²) in [5.41, 5.74) is -0.120. The third-order valence-corrected chi connectivity index (χ3v) is 4.36. The molecule has 3 N–H and O–H groups in total. The average Bonchev–Trinajstić information content (AvgIpc) is 3.18. The van der Waals surface area contributed by atoms with Crippen molar-refractivity contribution in [2.45, 2.75) is 64.3 Å². The normalized spacial score (nSPS) is 16.1. The quantitative estimate of drug-likeness (QED) is 0.660. The van der Waals surface area contributed by atoms with Crippen LogP contribution < -0.4 is 10.8 Å². The van der Waals surface area contributed by atoms with Gasteiger partial charge in [-0.25, -0.2) is 0 Å². The summed E-state index contributed by atoms with van der Waals surface area (Å²) in [5.74, 6) is 0. The number of rotatable bonds is 7. The minimum Gasteiger partial charge on any atom is -0.423 e. The lowest BCUT2D eigenvalue weighted by atomic mass is 9.74. The second-order valence-corrected chi connectivity index (χ2v) is 6.89. The van der Waals surface area contributed by atoms with E-state index in [1.165, 1.54) is 12.8 Å². The maximum absolute atomic E-state index is 10.4. The van der Waals surface area contributed by atoms with Crippen LogP contribution >= 0.6 is 0 Å². The summed E-state index contributed by atoms with van der Waals surface area (Å²) in [4.78, 5) is 0. The first-order chi connectivity index (χ1) is 9.71. The molecule has 0 unspecified atom stereocenters. The molecule has 0 spiro atoms. The van der Waals surface area contributed by atoms with Crippen molar-refractivity contribution in [1.29, 1.82) is 0 Å². The highest BCUT2D eigenvalue weighted by Gasteiger charge is 2.40. The molecule has 0 saturated heterocycles. The van der Waals surface area contributed by atoms with E-state index in [0.717, 1.165) is 17.6 Å². The van der Waals surface area contributed by atoms with Crippen molar-refractivity contribution in [3.63, 3.8) is 0 Å². The third-order valence-electron chi connectivity index (χ3n) is 4.36. The Bertz CT molecular complexity index is 481. The molecule has 0 aliphatic heterocycles. The van der Waals surface area contributed by atoms with Crippen molar-refractivity contribution in [3.05, 3.63) is 29.8 Å². The van der Waals surface area contributed by atoms with Crippen LogP contribution in [-0.2, 0) is 11.2 Å². The highest BCUT2D eigenvalue weighted by Crippen LogP contribution is 2.25. The SMILES string of the molecule is CC(C)(O)C(C)(C)OB(O)c1ccccc1CNC1CC1. The molecular weight excluding hydrogens is 265 g/mol. The molecule has 1 aliphatic carbocycles. The second-order valence-electron chi connectivity index (χ2n) is 6.89. The van der Waals surface area contributed by atoms with Gasteiger partial charge >= 0.3 is 7.12 Å². The van der Waals surface area contributed by atoms with Crippen LogP contribution in [-0.4, -0.2) is 34.5 Å². The molecular formula is C16H26BNO3. The van der Waals surface area contributed by atoms with E-state index in [-0.39, 0.29) is 0 Å². The summed E-state index contributed by atoms with van der Waals surface area (Å²) >= 11 is 0. The summed E-state index contributed by atoms with van der Waals surface area (Å²) in [6.07, 6.45) is 2.46. The highest BCUT2D eigenvalue weighted by atomic mass is 16.5. The number of hydrogen-bond acceptors (Lipinski definition) is 4. The molecule has 5 heteroatoms. The minimum atomic E-state index is -1.05. The predicted molar refractivity (Wildman–Crippen MR) is 85.4 cm³/mol. The fourth-order valence-corrected chi connectivity index (χ4v) is 1.96. The molecule has 0 heterocycles. The second kappa shape index (κ2) is 6.09. The maximum Gasteiger partial charge on any atom is 0.491 e. The molecule has 0 atom stereocenters. The third kappa shape index (κ3) is 4.30. The van der Waals surface area contributed by atoms with Crippen LogP contribution in [0.5, 0.6) is 0 Å². The highest BCUT2D eigenvalue weighted by molar-refractivity contribution is 6.60. The molecule has 0 amide bonds. The fourth-order valence-electron chi connectivity index (χ4n) is 1.96. The van der Waals surface area contributed by atoms with Gasteiger partial charge in [-0.15, -0.1) is 0 Å². The Balaban J connectivity index is 2.09. The van der Waals surface area contributed by atoms with Gasteiger partial charge in [-0.3, -0.25) is 0 Å². The fraction of sp³-hybridized carbons (Fsp3) is 0.625. The molecule has 116 valence electrons. The molecule has 1 aromatic carbocycles. The van der Waals surface area contributed by atoms with Crippen molar-refractivity contribution >= 4 is 12.6 Å². The van der Waals surface area contributed by atoms with Gasteiger partial charge < -0.3 is 20.1 Å². The topological polar surface area (TPSA) is 61.7 Å². The van der Waals surface area contributed by atoms with Gasteiger partial charge in [-0.1, -0.05) is 24.3 Å².